The van der Waals surface area contributed by atoms with Gasteiger partial charge in [0.25, 0.3) is 0 Å². The highest BCUT2D eigenvalue weighted by Gasteiger charge is 2.57. The maximum atomic E-state index is 13.8. The summed E-state index contributed by atoms with van der Waals surface area (Å²) < 4.78 is 47.5. The molecule has 13 heteroatoms. The summed E-state index contributed by atoms with van der Waals surface area (Å²) in [6, 6.07) is 7.72. The second-order valence-electron chi connectivity index (χ2n) is 8.28. The van der Waals surface area contributed by atoms with Gasteiger partial charge in [-0.1, -0.05) is 41.3 Å². The number of carbonyl (C=O) groups is 3. The van der Waals surface area contributed by atoms with Crippen molar-refractivity contribution in [3.8, 4) is 0 Å². The van der Waals surface area contributed by atoms with Crippen molar-refractivity contribution in [3.63, 3.8) is 0 Å². The van der Waals surface area contributed by atoms with E-state index in [2.05, 4.69) is 4.98 Å². The summed E-state index contributed by atoms with van der Waals surface area (Å²) in [5.74, 6) is -4.17. The first-order chi connectivity index (χ1) is 17.6. The van der Waals surface area contributed by atoms with Gasteiger partial charge in [-0.25, -0.2) is 4.90 Å². The fraction of sp³-hybridized carbons (Fsp3) is 0.292. The number of anilines is 1. The first-order valence-corrected chi connectivity index (χ1v) is 12.8. The van der Waals surface area contributed by atoms with Gasteiger partial charge in [0.15, 0.2) is 0 Å². The molecule has 2 aliphatic heterocycles. The number of hydrogen-bond donors (Lipinski definition) is 0. The van der Waals surface area contributed by atoms with Crippen molar-refractivity contribution >= 4 is 46.6 Å². The van der Waals surface area contributed by atoms with Crippen LogP contribution in [0.1, 0.15) is 28.8 Å². The molecule has 2 aromatic heterocycles. The molecule has 3 atom stereocenters. The summed E-state index contributed by atoms with van der Waals surface area (Å²) in [5.41, 5.74) is -1.12. The van der Waals surface area contributed by atoms with Crippen molar-refractivity contribution in [2.45, 2.75) is 35.8 Å². The van der Waals surface area contributed by atoms with Crippen LogP contribution in [-0.4, -0.2) is 39.2 Å². The minimum Gasteiger partial charge on any atom is -0.465 e. The van der Waals surface area contributed by atoms with Gasteiger partial charge >= 0.3 is 17.0 Å². The van der Waals surface area contributed by atoms with Crippen LogP contribution in [0.25, 0.3) is 0 Å². The summed E-state index contributed by atoms with van der Waals surface area (Å²) in [7, 11) is 0. The molecule has 1 saturated heterocycles. The molecule has 0 saturated carbocycles. The standard InChI is InChI=1S/C24H18F3N3O5S2/c1-2-35-15(31)11-29-22-19(37-23(29)34)16(12-6-5-9-28-10-12)17-18(36-22)21(33)30(20(17)32)14-8-4-3-7-13(14)24(25,26)27/h3-10,16-18H,2,11H2,1H3/t16-,17-,18+/m0/s1. The van der Waals surface area contributed by atoms with Gasteiger partial charge in [-0.3, -0.25) is 28.7 Å². The minimum atomic E-state index is -4.79. The zero-order chi connectivity index (χ0) is 26.5. The highest BCUT2D eigenvalue weighted by Crippen LogP contribution is 2.54. The van der Waals surface area contributed by atoms with Crippen LogP contribution in [0.3, 0.4) is 0 Å². The number of pyridine rings is 1. The van der Waals surface area contributed by atoms with E-state index in [1.807, 2.05) is 0 Å². The molecule has 0 bridgehead atoms. The molecule has 2 amide bonds. The predicted molar refractivity (Wildman–Crippen MR) is 128 cm³/mol. The maximum Gasteiger partial charge on any atom is 0.418 e. The van der Waals surface area contributed by atoms with Gasteiger partial charge in [0, 0.05) is 23.2 Å². The van der Waals surface area contributed by atoms with E-state index in [1.54, 1.807) is 19.1 Å². The summed E-state index contributed by atoms with van der Waals surface area (Å²) in [6.45, 7) is 1.33. The van der Waals surface area contributed by atoms with E-state index in [4.69, 9.17) is 4.74 Å². The average molecular weight is 550 g/mol. The number of esters is 1. The first-order valence-electron chi connectivity index (χ1n) is 11.1. The lowest BCUT2D eigenvalue weighted by atomic mass is 9.84. The molecule has 37 heavy (non-hydrogen) atoms. The van der Waals surface area contributed by atoms with E-state index in [-0.39, 0.29) is 6.61 Å². The van der Waals surface area contributed by atoms with Gasteiger partial charge in [0.2, 0.25) is 11.8 Å². The van der Waals surface area contributed by atoms with Gasteiger partial charge in [-0.05, 0) is 30.7 Å². The summed E-state index contributed by atoms with van der Waals surface area (Å²) >= 11 is 1.73. The Morgan fingerprint density at radius 2 is 1.86 bits per heavy atom. The number of ether oxygens (including phenoxy) is 1. The third-order valence-electron chi connectivity index (χ3n) is 6.14. The van der Waals surface area contributed by atoms with Gasteiger partial charge in [0.05, 0.1) is 28.8 Å². The van der Waals surface area contributed by atoms with Gasteiger partial charge in [-0.15, -0.1) is 0 Å². The van der Waals surface area contributed by atoms with Crippen LogP contribution in [0.5, 0.6) is 0 Å². The number of carbonyl (C=O) groups excluding carboxylic acids is 3. The minimum absolute atomic E-state index is 0.108. The fourth-order valence-electron chi connectivity index (χ4n) is 4.66. The number of alkyl halides is 3. The van der Waals surface area contributed by atoms with Crippen LogP contribution in [0.15, 0.2) is 58.6 Å². The molecule has 0 radical (unpaired) electrons. The Hall–Kier alpha value is -3.45. The molecule has 0 aliphatic carbocycles. The Morgan fingerprint density at radius 1 is 1.11 bits per heavy atom. The quantitative estimate of drug-likeness (QED) is 0.354. The van der Waals surface area contributed by atoms with Crippen LogP contribution in [0.4, 0.5) is 18.9 Å². The van der Waals surface area contributed by atoms with E-state index < -0.39 is 63.7 Å². The number of hydrogen-bond acceptors (Lipinski definition) is 8. The molecule has 8 nitrogen and oxygen atoms in total. The number of rotatable bonds is 5. The Bertz CT molecular complexity index is 1450. The molecular weight excluding hydrogens is 531 g/mol. The number of aromatic nitrogens is 2. The summed E-state index contributed by atoms with van der Waals surface area (Å²) in [5, 5.41) is -0.806. The second-order valence-corrected chi connectivity index (χ2v) is 10.4. The summed E-state index contributed by atoms with van der Waals surface area (Å²) in [6.07, 6.45) is -1.79. The van der Waals surface area contributed by atoms with Crippen molar-refractivity contribution in [2.24, 2.45) is 5.92 Å². The van der Waals surface area contributed by atoms with Crippen molar-refractivity contribution in [3.05, 3.63) is 74.5 Å². The van der Waals surface area contributed by atoms with Gasteiger partial charge in [0.1, 0.15) is 11.8 Å². The van der Waals surface area contributed by atoms with E-state index in [9.17, 15) is 32.3 Å². The number of amides is 2. The first kappa shape index (κ1) is 25.2. The summed E-state index contributed by atoms with van der Waals surface area (Å²) in [4.78, 5) is 57.0. The monoisotopic (exact) mass is 549 g/mol. The maximum absolute atomic E-state index is 13.8. The molecule has 0 N–H and O–H groups in total. The fourth-order valence-corrected chi connectivity index (χ4v) is 7.43. The van der Waals surface area contributed by atoms with E-state index in [1.165, 1.54) is 29.1 Å². The third kappa shape index (κ3) is 4.25. The Morgan fingerprint density at radius 3 is 2.54 bits per heavy atom. The van der Waals surface area contributed by atoms with Crippen LogP contribution in [-0.2, 0) is 31.8 Å². The number of fused-ring (bicyclic) bond motifs is 2. The molecule has 3 aromatic rings. The Labute approximate surface area is 216 Å². The third-order valence-corrected chi connectivity index (χ3v) is 8.74. The van der Waals surface area contributed by atoms with Gasteiger partial charge < -0.3 is 4.74 Å². The van der Waals surface area contributed by atoms with Crippen molar-refractivity contribution < 1.29 is 32.3 Å². The molecule has 5 rings (SSSR count). The van der Waals surface area contributed by atoms with E-state index in [0.717, 1.165) is 35.2 Å². The van der Waals surface area contributed by atoms with E-state index in [0.29, 0.717) is 20.4 Å². The highest BCUT2D eigenvalue weighted by molar-refractivity contribution is 8.00. The van der Waals surface area contributed by atoms with Crippen molar-refractivity contribution in [1.82, 2.24) is 9.55 Å². The zero-order valence-electron chi connectivity index (χ0n) is 19.1. The lowest BCUT2D eigenvalue weighted by Gasteiger charge is -2.30. The number of thioether (sulfide) groups is 1. The molecule has 2 aliphatic rings. The topological polar surface area (TPSA) is 98.6 Å². The van der Waals surface area contributed by atoms with Crippen LogP contribution in [0, 0.1) is 5.92 Å². The molecule has 192 valence electrons. The lowest BCUT2D eigenvalue weighted by Crippen LogP contribution is -2.33. The van der Waals surface area contributed by atoms with Crippen LogP contribution < -0.4 is 9.77 Å². The largest absolute Gasteiger partial charge is 0.465 e. The molecule has 4 heterocycles. The Balaban J connectivity index is 1.65. The highest BCUT2D eigenvalue weighted by atomic mass is 32.2. The Kier molecular flexibility index (Phi) is 6.44. The molecular formula is C24H18F3N3O5S2. The normalized spacial score (nSPS) is 21.1. The number of halogens is 3. The smallest absolute Gasteiger partial charge is 0.418 e. The number of para-hydroxylation sites is 1. The molecule has 0 spiro atoms. The zero-order valence-corrected chi connectivity index (χ0v) is 20.7. The predicted octanol–water partition coefficient (Wildman–Crippen LogP) is 3.68. The molecule has 1 aromatic carbocycles. The molecule has 0 unspecified atom stereocenters. The van der Waals surface area contributed by atoms with E-state index >= 15 is 0 Å². The number of nitrogens with zero attached hydrogens (tertiary/aromatic N) is 3. The lowest BCUT2D eigenvalue weighted by molar-refractivity contribution is -0.144. The second kappa shape index (κ2) is 9.45. The van der Waals surface area contributed by atoms with Crippen LogP contribution in [0.2, 0.25) is 0 Å². The number of thiazole rings is 1. The average Bonchev–Trinajstić information content (AvgIpc) is 3.30. The van der Waals surface area contributed by atoms with Crippen molar-refractivity contribution in [2.75, 3.05) is 11.5 Å². The molecule has 1 fully saturated rings. The van der Waals surface area contributed by atoms with Gasteiger partial charge in [-0.2, -0.15) is 13.2 Å². The van der Waals surface area contributed by atoms with Crippen LogP contribution >= 0.6 is 23.1 Å². The SMILES string of the molecule is CCOC(=O)Cn1c2c(sc1=O)[C@@H](c1cccnc1)[C@@H]1C(=O)N(c3ccccc3C(F)(F)F)C(=O)[C@@H]1S2. The number of imide groups is 1. The number of benzene rings is 1. The van der Waals surface area contributed by atoms with Crippen molar-refractivity contribution in [1.29, 1.82) is 0 Å².